The highest BCUT2D eigenvalue weighted by atomic mass is 16.4. The van der Waals surface area contributed by atoms with Gasteiger partial charge in [0.05, 0.1) is 0 Å². The summed E-state index contributed by atoms with van der Waals surface area (Å²) < 4.78 is 12.6. The number of fused-ring (bicyclic) bond motifs is 8. The molecule has 0 bridgehead atoms. The minimum atomic E-state index is 0.322. The molecule has 8 aromatic rings. The molecule has 0 N–H and O–H groups in total. The quantitative estimate of drug-likeness (QED) is 0.189. The molecule has 0 spiro atoms. The summed E-state index contributed by atoms with van der Waals surface area (Å²) in [5.41, 5.74) is 13.1. The summed E-state index contributed by atoms with van der Waals surface area (Å²) in [7, 11) is 0. The van der Waals surface area contributed by atoms with Crippen molar-refractivity contribution in [1.29, 1.82) is 0 Å². The first kappa shape index (κ1) is 27.6. The minimum Gasteiger partial charge on any atom is -0.436 e. The van der Waals surface area contributed by atoms with Crippen LogP contribution in [-0.2, 0) is 0 Å². The van der Waals surface area contributed by atoms with E-state index in [1.165, 1.54) is 22.3 Å². The number of benzene rings is 6. The molecule has 5 heteroatoms. The van der Waals surface area contributed by atoms with E-state index in [4.69, 9.17) is 18.8 Å². The topological polar surface area (TPSA) is 55.3 Å². The van der Waals surface area contributed by atoms with Gasteiger partial charge in [0.25, 0.3) is 0 Å². The molecule has 0 radical (unpaired) electrons. The van der Waals surface area contributed by atoms with Crippen LogP contribution >= 0.6 is 0 Å². The van der Waals surface area contributed by atoms with Crippen LogP contribution < -0.4 is 4.90 Å². The van der Waals surface area contributed by atoms with Gasteiger partial charge in [-0.2, -0.15) is 0 Å². The molecular weight excluding hydrogens is 603 g/mol. The third kappa shape index (κ3) is 4.62. The minimum absolute atomic E-state index is 0.322. The van der Waals surface area contributed by atoms with Crippen molar-refractivity contribution in [3.63, 3.8) is 0 Å². The van der Waals surface area contributed by atoms with Crippen molar-refractivity contribution in [1.82, 2.24) is 9.97 Å². The average Bonchev–Trinajstić information content (AvgIpc) is 3.80. The molecule has 0 saturated heterocycles. The third-order valence-electron chi connectivity index (χ3n) is 9.70. The molecule has 49 heavy (non-hydrogen) atoms. The first-order valence-corrected chi connectivity index (χ1v) is 16.6. The Labute approximate surface area is 283 Å². The van der Waals surface area contributed by atoms with Gasteiger partial charge in [0.1, 0.15) is 11.0 Å². The van der Waals surface area contributed by atoms with E-state index in [1.54, 1.807) is 0 Å². The van der Waals surface area contributed by atoms with Crippen molar-refractivity contribution in [2.75, 3.05) is 4.90 Å². The second kappa shape index (κ2) is 11.1. The normalized spacial score (nSPS) is 16.0. The van der Waals surface area contributed by atoms with Gasteiger partial charge in [-0.3, -0.25) is 0 Å². The van der Waals surface area contributed by atoms with Crippen LogP contribution in [0.4, 0.5) is 17.1 Å². The van der Waals surface area contributed by atoms with Gasteiger partial charge in [-0.1, -0.05) is 91.0 Å². The SMILES string of the molecule is C1=CC2c3ccccc3-c3cc(-c4nc5cc(-c6nc7cc(N(c8ccccc8)c8ccccc8)ccc7o6)ccc5o4)ccc3C2C=C1. The summed E-state index contributed by atoms with van der Waals surface area (Å²) in [6, 6.07) is 48.1. The summed E-state index contributed by atoms with van der Waals surface area (Å²) in [5.74, 6) is 1.81. The summed E-state index contributed by atoms with van der Waals surface area (Å²) in [4.78, 5) is 12.1. The predicted octanol–water partition coefficient (Wildman–Crippen LogP) is 11.7. The molecule has 6 aromatic carbocycles. The number of allylic oxidation sites excluding steroid dienone is 4. The van der Waals surface area contributed by atoms with E-state index in [9.17, 15) is 0 Å². The molecule has 0 aliphatic heterocycles. The van der Waals surface area contributed by atoms with E-state index < -0.39 is 0 Å². The number of nitrogens with zero attached hydrogens (tertiary/aromatic N) is 3. The van der Waals surface area contributed by atoms with Crippen molar-refractivity contribution in [3.8, 4) is 34.0 Å². The molecule has 0 fully saturated rings. The standard InChI is InChI=1S/C44H29N3O2/c1-3-11-30(12-4-1)47(31-13-5-2-6-14-31)32-21-24-42-40(27-32)46-44(49-42)29-20-23-41-39(26-29)45-43(48-41)28-19-22-37-35-17-8-7-15-33(35)34-16-9-10-18-36(34)38(37)25-28/h1-27,33,35H. The Morgan fingerprint density at radius 2 is 1.00 bits per heavy atom. The summed E-state index contributed by atoms with van der Waals surface area (Å²) >= 11 is 0. The maximum absolute atomic E-state index is 6.32. The van der Waals surface area contributed by atoms with Crippen LogP contribution in [0.1, 0.15) is 23.0 Å². The third-order valence-corrected chi connectivity index (χ3v) is 9.70. The highest BCUT2D eigenvalue weighted by molar-refractivity contribution is 5.87. The fraction of sp³-hybridized carbons (Fsp3) is 0.0455. The monoisotopic (exact) mass is 631 g/mol. The summed E-state index contributed by atoms with van der Waals surface area (Å²) in [6.45, 7) is 0. The molecule has 5 nitrogen and oxygen atoms in total. The van der Waals surface area contributed by atoms with Gasteiger partial charge in [0.2, 0.25) is 11.8 Å². The number of anilines is 3. The lowest BCUT2D eigenvalue weighted by Crippen LogP contribution is -2.16. The molecule has 2 heterocycles. The van der Waals surface area contributed by atoms with Crippen molar-refractivity contribution in [3.05, 3.63) is 175 Å². The second-order valence-corrected chi connectivity index (χ2v) is 12.6. The van der Waals surface area contributed by atoms with E-state index in [2.05, 4.69) is 132 Å². The molecule has 2 unspecified atom stereocenters. The fourth-order valence-electron chi connectivity index (χ4n) is 7.41. The summed E-state index contributed by atoms with van der Waals surface area (Å²) in [5, 5.41) is 0. The molecule has 0 amide bonds. The number of hydrogen-bond acceptors (Lipinski definition) is 5. The van der Waals surface area contributed by atoms with Crippen LogP contribution in [0.15, 0.2) is 173 Å². The zero-order valence-corrected chi connectivity index (χ0v) is 26.4. The van der Waals surface area contributed by atoms with Crippen LogP contribution in [-0.4, -0.2) is 9.97 Å². The molecule has 232 valence electrons. The van der Waals surface area contributed by atoms with Crippen LogP contribution in [0.5, 0.6) is 0 Å². The molecule has 2 aliphatic carbocycles. The van der Waals surface area contributed by atoms with Gasteiger partial charge in [-0.15, -0.1) is 0 Å². The van der Waals surface area contributed by atoms with Gasteiger partial charge in [-0.25, -0.2) is 9.97 Å². The Balaban J connectivity index is 1.00. The molecule has 2 aliphatic rings. The Morgan fingerprint density at radius 1 is 0.449 bits per heavy atom. The van der Waals surface area contributed by atoms with E-state index in [1.807, 2.05) is 36.4 Å². The lowest BCUT2D eigenvalue weighted by Gasteiger charge is -2.34. The number of oxazole rings is 2. The van der Waals surface area contributed by atoms with Crippen molar-refractivity contribution >= 4 is 39.3 Å². The van der Waals surface area contributed by atoms with Gasteiger partial charge in [0.15, 0.2) is 11.2 Å². The molecule has 2 aromatic heterocycles. The maximum Gasteiger partial charge on any atom is 0.227 e. The zero-order valence-electron chi connectivity index (χ0n) is 26.4. The first-order valence-electron chi connectivity index (χ1n) is 16.6. The highest BCUT2D eigenvalue weighted by Gasteiger charge is 2.32. The smallest absolute Gasteiger partial charge is 0.227 e. The van der Waals surface area contributed by atoms with Crippen LogP contribution in [0.25, 0.3) is 56.2 Å². The van der Waals surface area contributed by atoms with E-state index in [-0.39, 0.29) is 0 Å². The lowest BCUT2D eigenvalue weighted by molar-refractivity contribution is 0.618. The molecular formula is C44H29N3O2. The second-order valence-electron chi connectivity index (χ2n) is 12.6. The van der Waals surface area contributed by atoms with Crippen molar-refractivity contribution in [2.45, 2.75) is 11.8 Å². The van der Waals surface area contributed by atoms with Crippen LogP contribution in [0, 0.1) is 0 Å². The van der Waals surface area contributed by atoms with Crippen molar-refractivity contribution < 1.29 is 8.83 Å². The van der Waals surface area contributed by atoms with Crippen LogP contribution in [0.2, 0.25) is 0 Å². The molecule has 0 saturated carbocycles. The van der Waals surface area contributed by atoms with E-state index >= 15 is 0 Å². The molecule has 2 atom stereocenters. The predicted molar refractivity (Wildman–Crippen MR) is 196 cm³/mol. The van der Waals surface area contributed by atoms with E-state index in [0.29, 0.717) is 23.6 Å². The van der Waals surface area contributed by atoms with Gasteiger partial charge >= 0.3 is 0 Å². The van der Waals surface area contributed by atoms with Gasteiger partial charge < -0.3 is 13.7 Å². The maximum atomic E-state index is 6.32. The Hall–Kier alpha value is -6.46. The summed E-state index contributed by atoms with van der Waals surface area (Å²) in [6.07, 6.45) is 8.95. The first-order chi connectivity index (χ1) is 24.3. The molecule has 10 rings (SSSR count). The average molecular weight is 632 g/mol. The Morgan fingerprint density at radius 3 is 1.69 bits per heavy atom. The Kier molecular flexibility index (Phi) is 6.24. The van der Waals surface area contributed by atoms with E-state index in [0.717, 1.165) is 50.4 Å². The number of para-hydroxylation sites is 2. The fourth-order valence-corrected chi connectivity index (χ4v) is 7.41. The number of aromatic nitrogens is 2. The lowest BCUT2D eigenvalue weighted by atomic mass is 9.70. The number of rotatable bonds is 5. The largest absolute Gasteiger partial charge is 0.436 e. The van der Waals surface area contributed by atoms with Gasteiger partial charge in [-0.05, 0) is 95.1 Å². The Bertz CT molecular complexity index is 2540. The van der Waals surface area contributed by atoms with Crippen molar-refractivity contribution in [2.24, 2.45) is 0 Å². The zero-order chi connectivity index (χ0) is 32.3. The highest BCUT2D eigenvalue weighted by Crippen LogP contribution is 2.50. The number of hydrogen-bond donors (Lipinski definition) is 0. The van der Waals surface area contributed by atoms with Gasteiger partial charge in [0, 0.05) is 40.0 Å². The van der Waals surface area contributed by atoms with Crippen LogP contribution in [0.3, 0.4) is 0 Å².